The molecule has 6 heteroatoms. The number of halogens is 3. The van der Waals surface area contributed by atoms with Crippen LogP contribution in [0.4, 0.5) is 10.1 Å². The van der Waals surface area contributed by atoms with Crippen LogP contribution in [0.15, 0.2) is 34.9 Å². The minimum atomic E-state index is -0.315. The van der Waals surface area contributed by atoms with Gasteiger partial charge >= 0.3 is 0 Å². The summed E-state index contributed by atoms with van der Waals surface area (Å²) >= 11 is 9.14. The molecule has 1 atom stereocenters. The second-order valence-electron chi connectivity index (χ2n) is 4.22. The lowest BCUT2D eigenvalue weighted by Gasteiger charge is -2.19. The van der Waals surface area contributed by atoms with Gasteiger partial charge in [0.05, 0.1) is 35.1 Å². The van der Waals surface area contributed by atoms with Crippen LogP contribution in [0, 0.1) is 5.82 Å². The van der Waals surface area contributed by atoms with E-state index in [0.717, 1.165) is 5.69 Å². The van der Waals surface area contributed by atoms with Crippen LogP contribution in [0.2, 0.25) is 5.15 Å². The molecular formula is C14H13BrClFN2O. The zero-order chi connectivity index (χ0) is 14.7. The molecule has 0 aliphatic heterocycles. The molecule has 1 N–H and O–H groups in total. The normalized spacial score (nSPS) is 12.1. The summed E-state index contributed by atoms with van der Waals surface area (Å²) in [6.07, 6.45) is 1.59. The van der Waals surface area contributed by atoms with Crippen LogP contribution >= 0.6 is 27.5 Å². The average Bonchev–Trinajstić information content (AvgIpc) is 2.42. The van der Waals surface area contributed by atoms with Crippen molar-refractivity contribution in [3.63, 3.8) is 0 Å². The van der Waals surface area contributed by atoms with E-state index >= 15 is 0 Å². The molecule has 1 aromatic carbocycles. The molecular weight excluding hydrogens is 347 g/mol. The number of ether oxygens (including phenoxy) is 1. The van der Waals surface area contributed by atoms with Crippen LogP contribution in [-0.4, -0.2) is 12.1 Å². The molecule has 0 saturated carbocycles. The van der Waals surface area contributed by atoms with Gasteiger partial charge in [-0.05, 0) is 41.1 Å². The molecule has 1 heterocycles. The van der Waals surface area contributed by atoms with Crippen LogP contribution in [0.5, 0.6) is 5.75 Å². The summed E-state index contributed by atoms with van der Waals surface area (Å²) < 4.78 is 19.8. The van der Waals surface area contributed by atoms with Crippen molar-refractivity contribution in [1.29, 1.82) is 0 Å². The molecule has 0 radical (unpaired) electrons. The summed E-state index contributed by atoms with van der Waals surface area (Å²) in [5, 5.41) is 3.55. The van der Waals surface area contributed by atoms with Crippen LogP contribution in [0.25, 0.3) is 0 Å². The van der Waals surface area contributed by atoms with Crippen LogP contribution in [-0.2, 0) is 0 Å². The lowest BCUT2D eigenvalue weighted by molar-refractivity contribution is 0.402. The Kier molecular flexibility index (Phi) is 4.83. The van der Waals surface area contributed by atoms with Crippen molar-refractivity contribution in [2.45, 2.75) is 13.0 Å². The Bertz CT molecular complexity index is 624. The van der Waals surface area contributed by atoms with Crippen molar-refractivity contribution in [3.8, 4) is 5.75 Å². The fourth-order valence-electron chi connectivity index (χ4n) is 1.94. The molecule has 0 aliphatic rings. The lowest BCUT2D eigenvalue weighted by Crippen LogP contribution is -2.10. The highest BCUT2D eigenvalue weighted by atomic mass is 79.9. The fraction of sp³-hybridized carbons (Fsp3) is 0.214. The molecule has 2 aromatic rings. The first kappa shape index (κ1) is 15.1. The molecule has 0 aliphatic carbocycles. The number of rotatable bonds is 4. The highest BCUT2D eigenvalue weighted by Crippen LogP contribution is 2.31. The topological polar surface area (TPSA) is 34.1 Å². The van der Waals surface area contributed by atoms with Crippen LogP contribution < -0.4 is 10.1 Å². The Labute approximate surface area is 130 Å². The van der Waals surface area contributed by atoms with E-state index < -0.39 is 0 Å². The van der Waals surface area contributed by atoms with Crippen molar-refractivity contribution in [1.82, 2.24) is 4.98 Å². The van der Waals surface area contributed by atoms with Crippen molar-refractivity contribution < 1.29 is 9.13 Å². The second kappa shape index (κ2) is 6.41. The van der Waals surface area contributed by atoms with Gasteiger partial charge < -0.3 is 10.1 Å². The predicted octanol–water partition coefficient (Wildman–Crippen LogP) is 4.82. The van der Waals surface area contributed by atoms with E-state index in [1.165, 1.54) is 13.2 Å². The minimum Gasteiger partial charge on any atom is -0.496 e. The van der Waals surface area contributed by atoms with E-state index in [9.17, 15) is 4.39 Å². The summed E-state index contributed by atoms with van der Waals surface area (Å²) in [5.74, 6) is 0.191. The SMILES string of the molecule is COc1cccc(F)c1C(C)Nc1cnc(Cl)c(Br)c1. The molecule has 1 unspecified atom stereocenters. The average molecular weight is 360 g/mol. The maximum absolute atomic E-state index is 14.0. The van der Waals surface area contributed by atoms with Gasteiger partial charge in [0.2, 0.25) is 0 Å². The van der Waals surface area contributed by atoms with Gasteiger partial charge in [-0.1, -0.05) is 17.7 Å². The summed E-state index contributed by atoms with van der Waals surface area (Å²) in [7, 11) is 1.52. The number of benzene rings is 1. The largest absolute Gasteiger partial charge is 0.496 e. The number of nitrogens with one attached hydrogen (secondary N) is 1. The van der Waals surface area contributed by atoms with E-state index in [1.807, 2.05) is 6.92 Å². The van der Waals surface area contributed by atoms with Crippen molar-refractivity contribution >= 4 is 33.2 Å². The van der Waals surface area contributed by atoms with E-state index in [2.05, 4.69) is 26.2 Å². The quantitative estimate of drug-likeness (QED) is 0.795. The number of methoxy groups -OCH3 is 1. The van der Waals surface area contributed by atoms with Gasteiger partial charge in [0.15, 0.2) is 0 Å². The zero-order valence-electron chi connectivity index (χ0n) is 11.0. The highest BCUT2D eigenvalue weighted by Gasteiger charge is 2.16. The van der Waals surface area contributed by atoms with Crippen molar-refractivity contribution in [3.05, 3.63) is 51.5 Å². The Hall–Kier alpha value is -1.33. The predicted molar refractivity (Wildman–Crippen MR) is 81.9 cm³/mol. The first-order valence-corrected chi connectivity index (χ1v) is 7.10. The molecule has 2 rings (SSSR count). The number of aromatic nitrogens is 1. The van der Waals surface area contributed by atoms with Gasteiger partial charge in [0, 0.05) is 0 Å². The fourth-order valence-corrected chi connectivity index (χ4v) is 2.39. The summed E-state index contributed by atoms with van der Waals surface area (Å²) in [6, 6.07) is 6.27. The molecule has 3 nitrogen and oxygen atoms in total. The second-order valence-corrected chi connectivity index (χ2v) is 5.43. The molecule has 1 aromatic heterocycles. The van der Waals surface area contributed by atoms with Gasteiger partial charge in [0.1, 0.15) is 16.7 Å². The molecule has 0 saturated heterocycles. The molecule has 0 fully saturated rings. The van der Waals surface area contributed by atoms with E-state index in [4.69, 9.17) is 16.3 Å². The molecule has 106 valence electrons. The lowest BCUT2D eigenvalue weighted by atomic mass is 10.1. The van der Waals surface area contributed by atoms with Gasteiger partial charge in [-0.2, -0.15) is 0 Å². The monoisotopic (exact) mass is 358 g/mol. The van der Waals surface area contributed by atoms with E-state index in [1.54, 1.807) is 24.4 Å². The molecule has 20 heavy (non-hydrogen) atoms. The van der Waals surface area contributed by atoms with Crippen LogP contribution in [0.3, 0.4) is 0 Å². The third-order valence-corrected chi connectivity index (χ3v) is 3.98. The maximum Gasteiger partial charge on any atom is 0.143 e. The van der Waals surface area contributed by atoms with Crippen molar-refractivity contribution in [2.24, 2.45) is 0 Å². The Morgan fingerprint density at radius 2 is 2.20 bits per heavy atom. The Morgan fingerprint density at radius 3 is 2.85 bits per heavy atom. The summed E-state index contributed by atoms with van der Waals surface area (Å²) in [4.78, 5) is 4.02. The van der Waals surface area contributed by atoms with E-state index in [-0.39, 0.29) is 11.9 Å². The smallest absolute Gasteiger partial charge is 0.143 e. The number of pyridine rings is 1. The molecule has 0 amide bonds. The zero-order valence-corrected chi connectivity index (χ0v) is 13.3. The third-order valence-electron chi connectivity index (χ3n) is 2.85. The third kappa shape index (κ3) is 3.22. The van der Waals surface area contributed by atoms with Crippen LogP contribution in [0.1, 0.15) is 18.5 Å². The van der Waals surface area contributed by atoms with Gasteiger partial charge in [0.25, 0.3) is 0 Å². The molecule has 0 spiro atoms. The number of anilines is 1. The first-order valence-electron chi connectivity index (χ1n) is 5.93. The van der Waals surface area contributed by atoms with Gasteiger partial charge in [-0.25, -0.2) is 9.37 Å². The summed E-state index contributed by atoms with van der Waals surface area (Å²) in [5.41, 5.74) is 1.21. The standard InChI is InChI=1S/C14H13BrClFN2O/c1-8(13-11(17)4-3-5-12(13)20-2)19-9-6-10(15)14(16)18-7-9/h3-8,19H,1-2H3. The first-order chi connectivity index (χ1) is 9.52. The molecule has 0 bridgehead atoms. The number of hydrogen-bond acceptors (Lipinski definition) is 3. The van der Waals surface area contributed by atoms with Gasteiger partial charge in [-0.3, -0.25) is 0 Å². The van der Waals surface area contributed by atoms with Gasteiger partial charge in [-0.15, -0.1) is 0 Å². The summed E-state index contributed by atoms with van der Waals surface area (Å²) in [6.45, 7) is 1.85. The number of nitrogens with zero attached hydrogens (tertiary/aromatic N) is 1. The van der Waals surface area contributed by atoms with Crippen molar-refractivity contribution in [2.75, 3.05) is 12.4 Å². The highest BCUT2D eigenvalue weighted by molar-refractivity contribution is 9.10. The Morgan fingerprint density at radius 1 is 1.45 bits per heavy atom. The maximum atomic E-state index is 14.0. The Balaban J connectivity index is 2.28. The number of hydrogen-bond donors (Lipinski definition) is 1. The minimum absolute atomic E-state index is 0.277. The van der Waals surface area contributed by atoms with E-state index in [0.29, 0.717) is 20.9 Å².